The number of carboxylic acids is 1. The van der Waals surface area contributed by atoms with E-state index in [0.717, 1.165) is 0 Å². The Morgan fingerprint density at radius 3 is 2.71 bits per heavy atom. The average Bonchev–Trinajstić information content (AvgIpc) is 2.11. The van der Waals surface area contributed by atoms with Crippen LogP contribution < -0.4 is 5.56 Å². The highest BCUT2D eigenvalue weighted by Crippen LogP contribution is 2.17. The third-order valence-electron chi connectivity index (χ3n) is 2.24. The fourth-order valence-corrected chi connectivity index (χ4v) is 1.33. The van der Waals surface area contributed by atoms with Crippen molar-refractivity contribution in [1.29, 1.82) is 0 Å². The van der Waals surface area contributed by atoms with Crippen LogP contribution >= 0.6 is 0 Å². The van der Waals surface area contributed by atoms with E-state index in [9.17, 15) is 9.59 Å². The van der Waals surface area contributed by atoms with E-state index in [0.29, 0.717) is 12.0 Å². The minimum absolute atomic E-state index is 0.179. The molecule has 1 N–H and O–H groups in total. The van der Waals surface area contributed by atoms with Crippen molar-refractivity contribution in [2.75, 3.05) is 0 Å². The molecule has 0 radical (unpaired) electrons. The number of aromatic nitrogens is 1. The van der Waals surface area contributed by atoms with Crippen LogP contribution in [0.5, 0.6) is 0 Å². The van der Waals surface area contributed by atoms with Gasteiger partial charge in [-0.15, -0.1) is 0 Å². The first-order valence-corrected chi connectivity index (χ1v) is 4.45. The number of aliphatic carboxylic acids is 1. The molecule has 4 nitrogen and oxygen atoms in total. The van der Waals surface area contributed by atoms with E-state index < -0.39 is 11.9 Å². The van der Waals surface area contributed by atoms with Crippen LogP contribution in [-0.2, 0) is 11.8 Å². The molecule has 0 aliphatic carbocycles. The smallest absolute Gasteiger partial charge is 0.310 e. The Hall–Kier alpha value is -1.58. The fraction of sp³-hybridized carbons (Fsp3) is 0.400. The third-order valence-corrected chi connectivity index (χ3v) is 2.24. The molecule has 0 amide bonds. The highest BCUT2D eigenvalue weighted by atomic mass is 16.4. The maximum absolute atomic E-state index is 11.3. The topological polar surface area (TPSA) is 59.3 Å². The van der Waals surface area contributed by atoms with Crippen molar-refractivity contribution in [1.82, 2.24) is 4.57 Å². The molecule has 76 valence electrons. The van der Waals surface area contributed by atoms with E-state index in [-0.39, 0.29) is 5.56 Å². The molecule has 0 aliphatic heterocycles. The van der Waals surface area contributed by atoms with Gasteiger partial charge in [0.1, 0.15) is 0 Å². The van der Waals surface area contributed by atoms with Gasteiger partial charge in [-0.3, -0.25) is 9.59 Å². The zero-order chi connectivity index (χ0) is 10.7. The zero-order valence-corrected chi connectivity index (χ0v) is 8.23. The normalized spacial score (nSPS) is 12.4. The second kappa shape index (κ2) is 4.09. The first kappa shape index (κ1) is 10.5. The number of hydrogen-bond acceptors (Lipinski definition) is 2. The van der Waals surface area contributed by atoms with Crippen molar-refractivity contribution in [2.45, 2.75) is 19.3 Å². The summed E-state index contributed by atoms with van der Waals surface area (Å²) in [6.07, 6.45) is 2.08. The number of hydrogen-bond donors (Lipinski definition) is 1. The van der Waals surface area contributed by atoms with E-state index in [1.165, 1.54) is 10.6 Å². The van der Waals surface area contributed by atoms with Crippen molar-refractivity contribution in [3.8, 4) is 0 Å². The van der Waals surface area contributed by atoms with Gasteiger partial charge in [0.05, 0.1) is 5.92 Å². The van der Waals surface area contributed by atoms with Crippen LogP contribution in [0.4, 0.5) is 0 Å². The van der Waals surface area contributed by atoms with Gasteiger partial charge in [-0.05, 0) is 18.1 Å². The van der Waals surface area contributed by atoms with Crippen molar-refractivity contribution in [2.24, 2.45) is 7.05 Å². The fourth-order valence-electron chi connectivity index (χ4n) is 1.33. The number of rotatable bonds is 3. The van der Waals surface area contributed by atoms with Crippen LogP contribution in [0.15, 0.2) is 23.1 Å². The summed E-state index contributed by atoms with van der Waals surface area (Å²) < 4.78 is 1.41. The zero-order valence-electron chi connectivity index (χ0n) is 8.23. The van der Waals surface area contributed by atoms with Crippen LogP contribution in [-0.4, -0.2) is 15.6 Å². The molecule has 0 aliphatic rings. The van der Waals surface area contributed by atoms with Gasteiger partial charge in [0.25, 0.3) is 5.56 Å². The molecule has 14 heavy (non-hydrogen) atoms. The van der Waals surface area contributed by atoms with E-state index >= 15 is 0 Å². The summed E-state index contributed by atoms with van der Waals surface area (Å²) >= 11 is 0. The summed E-state index contributed by atoms with van der Waals surface area (Å²) in [4.78, 5) is 22.1. The average molecular weight is 195 g/mol. The largest absolute Gasteiger partial charge is 0.481 e. The Morgan fingerprint density at radius 1 is 1.64 bits per heavy atom. The maximum atomic E-state index is 11.3. The van der Waals surface area contributed by atoms with E-state index in [1.54, 1.807) is 26.2 Å². The monoisotopic (exact) mass is 195 g/mol. The second-order valence-corrected chi connectivity index (χ2v) is 3.21. The van der Waals surface area contributed by atoms with Gasteiger partial charge in [-0.2, -0.15) is 0 Å². The molecule has 1 aromatic rings. The lowest BCUT2D eigenvalue weighted by Crippen LogP contribution is -2.18. The summed E-state index contributed by atoms with van der Waals surface area (Å²) in [5.41, 5.74) is 0.394. The molecule has 1 rings (SSSR count). The van der Waals surface area contributed by atoms with Crippen LogP contribution in [0.1, 0.15) is 24.8 Å². The van der Waals surface area contributed by atoms with E-state index in [2.05, 4.69) is 0 Å². The molecule has 0 spiro atoms. The van der Waals surface area contributed by atoms with Gasteiger partial charge >= 0.3 is 5.97 Å². The molecular weight excluding hydrogens is 182 g/mol. The Labute approximate surface area is 81.8 Å². The van der Waals surface area contributed by atoms with E-state index in [4.69, 9.17) is 5.11 Å². The van der Waals surface area contributed by atoms with Gasteiger partial charge in [0.2, 0.25) is 0 Å². The quantitative estimate of drug-likeness (QED) is 0.781. The lowest BCUT2D eigenvalue weighted by atomic mass is 9.98. The molecule has 1 aromatic heterocycles. The van der Waals surface area contributed by atoms with Gasteiger partial charge in [0, 0.05) is 19.3 Å². The van der Waals surface area contributed by atoms with Gasteiger partial charge in [0.15, 0.2) is 0 Å². The highest BCUT2D eigenvalue weighted by molar-refractivity contribution is 5.75. The summed E-state index contributed by atoms with van der Waals surface area (Å²) in [7, 11) is 1.63. The molecule has 0 aromatic carbocycles. The molecular formula is C10H13NO3. The molecule has 1 atom stereocenters. The number of carboxylic acid groups (broad SMARTS) is 1. The molecule has 1 unspecified atom stereocenters. The Morgan fingerprint density at radius 2 is 2.29 bits per heavy atom. The molecule has 0 fully saturated rings. The summed E-state index contributed by atoms with van der Waals surface area (Å²) in [6, 6.07) is 3.05. The van der Waals surface area contributed by atoms with Gasteiger partial charge in [-0.1, -0.05) is 6.92 Å². The van der Waals surface area contributed by atoms with Crippen LogP contribution in [0.2, 0.25) is 0 Å². The lowest BCUT2D eigenvalue weighted by molar-refractivity contribution is -0.138. The lowest BCUT2D eigenvalue weighted by Gasteiger charge is -2.09. The first-order chi connectivity index (χ1) is 6.56. The molecule has 1 heterocycles. The van der Waals surface area contributed by atoms with Crippen LogP contribution in [0.25, 0.3) is 0 Å². The van der Waals surface area contributed by atoms with Crippen LogP contribution in [0, 0.1) is 0 Å². The van der Waals surface area contributed by atoms with Crippen molar-refractivity contribution < 1.29 is 9.90 Å². The third kappa shape index (κ3) is 2.02. The molecule has 0 bridgehead atoms. The van der Waals surface area contributed by atoms with Crippen molar-refractivity contribution in [3.63, 3.8) is 0 Å². The Balaban J connectivity index is 3.12. The van der Waals surface area contributed by atoms with Crippen LogP contribution in [0.3, 0.4) is 0 Å². The molecule has 0 saturated carbocycles. The SMILES string of the molecule is CCC(C(=O)O)c1ccn(C)c(=O)c1. The standard InChI is InChI=1S/C10H13NO3/c1-3-8(10(13)14)7-4-5-11(2)9(12)6-7/h4-6,8H,3H2,1-2H3,(H,13,14). The molecule has 4 heteroatoms. The Bertz CT molecular complexity index is 395. The second-order valence-electron chi connectivity index (χ2n) is 3.21. The number of nitrogens with zero attached hydrogens (tertiary/aromatic N) is 1. The minimum atomic E-state index is -0.888. The summed E-state index contributed by atoms with van der Waals surface area (Å²) in [6.45, 7) is 1.79. The number of aryl methyl sites for hydroxylation is 1. The van der Waals surface area contributed by atoms with Gasteiger partial charge < -0.3 is 9.67 Å². The first-order valence-electron chi connectivity index (χ1n) is 4.45. The predicted molar refractivity (Wildman–Crippen MR) is 52.4 cm³/mol. The Kier molecular flexibility index (Phi) is 3.06. The summed E-state index contributed by atoms with van der Waals surface area (Å²) in [5.74, 6) is -1.47. The van der Waals surface area contributed by atoms with Gasteiger partial charge in [-0.25, -0.2) is 0 Å². The number of pyridine rings is 1. The van der Waals surface area contributed by atoms with Crippen molar-refractivity contribution in [3.05, 3.63) is 34.2 Å². The number of carbonyl (C=O) groups is 1. The predicted octanol–water partition coefficient (Wildman–Crippen LogP) is 0.964. The minimum Gasteiger partial charge on any atom is -0.481 e. The summed E-state index contributed by atoms with van der Waals surface area (Å²) in [5, 5.41) is 8.88. The van der Waals surface area contributed by atoms with E-state index in [1.807, 2.05) is 0 Å². The van der Waals surface area contributed by atoms with Crippen molar-refractivity contribution >= 4 is 5.97 Å². The maximum Gasteiger partial charge on any atom is 0.310 e. The highest BCUT2D eigenvalue weighted by Gasteiger charge is 2.17. The molecule has 0 saturated heterocycles.